The molecular weight excluding hydrogens is 436 g/mol. The molecule has 0 unspecified atom stereocenters. The fraction of sp³-hybridized carbons (Fsp3) is 0.889. The molecule has 153 valence electrons. The van der Waals surface area contributed by atoms with Crippen molar-refractivity contribution in [2.45, 2.75) is 79.1 Å². The second kappa shape index (κ2) is 22.8. The quantitative estimate of drug-likeness (QED) is 0.161. The van der Waals surface area contributed by atoms with Crippen LogP contribution < -0.4 is 0 Å². The standard InChI is InChI=1S/2C9H19NS2.Cu/c2*1-3-5-6-8-10(7-4-2)9(11)12;/h2*3-8H2,1-2H3,(H,11,12);/q;;+2/p-2. The monoisotopic (exact) mass is 471 g/mol. The third-order valence-electron chi connectivity index (χ3n) is 3.57. The molecule has 0 bridgehead atoms. The van der Waals surface area contributed by atoms with Gasteiger partial charge in [0.2, 0.25) is 0 Å². The number of nitrogens with zero attached hydrogens (tertiary/aromatic N) is 2. The molecule has 0 rings (SSSR count). The summed E-state index contributed by atoms with van der Waals surface area (Å²) in [7, 11) is 0. The summed E-state index contributed by atoms with van der Waals surface area (Å²) >= 11 is 19.9. The summed E-state index contributed by atoms with van der Waals surface area (Å²) in [5.74, 6) is 0. The van der Waals surface area contributed by atoms with Crippen molar-refractivity contribution < 1.29 is 17.1 Å². The minimum absolute atomic E-state index is 0. The Morgan fingerprint density at radius 1 is 0.600 bits per heavy atom. The summed E-state index contributed by atoms with van der Waals surface area (Å²) in [5.41, 5.74) is 0. The third-order valence-corrected chi connectivity index (χ3v) is 4.60. The van der Waals surface area contributed by atoms with E-state index in [0.717, 1.165) is 39.0 Å². The Morgan fingerprint density at radius 2 is 0.920 bits per heavy atom. The molecule has 0 amide bonds. The van der Waals surface area contributed by atoms with Crippen molar-refractivity contribution >= 4 is 58.3 Å². The van der Waals surface area contributed by atoms with Crippen LogP contribution in [0.25, 0.3) is 0 Å². The molecule has 0 heterocycles. The van der Waals surface area contributed by atoms with Crippen LogP contribution in [-0.2, 0) is 42.3 Å². The van der Waals surface area contributed by atoms with E-state index in [0.29, 0.717) is 8.64 Å². The molecule has 0 spiro atoms. The van der Waals surface area contributed by atoms with Gasteiger partial charge < -0.3 is 59.5 Å². The summed E-state index contributed by atoms with van der Waals surface area (Å²) < 4.78 is 1.26. The average molecular weight is 472 g/mol. The van der Waals surface area contributed by atoms with Crippen LogP contribution in [-0.4, -0.2) is 44.6 Å². The zero-order valence-electron chi connectivity index (χ0n) is 16.3. The van der Waals surface area contributed by atoms with E-state index in [9.17, 15) is 0 Å². The summed E-state index contributed by atoms with van der Waals surface area (Å²) in [6.07, 6.45) is 9.75. The summed E-state index contributed by atoms with van der Waals surface area (Å²) in [5, 5.41) is 0. The second-order valence-electron chi connectivity index (χ2n) is 5.92. The van der Waals surface area contributed by atoms with Crippen LogP contribution in [0.1, 0.15) is 79.1 Å². The van der Waals surface area contributed by atoms with Crippen molar-refractivity contribution in [3.05, 3.63) is 0 Å². The van der Waals surface area contributed by atoms with E-state index in [1.165, 1.54) is 38.5 Å². The van der Waals surface area contributed by atoms with Crippen molar-refractivity contribution in [2.75, 3.05) is 26.2 Å². The minimum atomic E-state index is 0. The number of unbranched alkanes of at least 4 members (excludes halogenated alkanes) is 4. The predicted octanol–water partition coefficient (Wildman–Crippen LogP) is 5.44. The van der Waals surface area contributed by atoms with Gasteiger partial charge in [-0.05, 0) is 25.7 Å². The van der Waals surface area contributed by atoms with Crippen LogP contribution in [0.15, 0.2) is 0 Å². The van der Waals surface area contributed by atoms with Crippen molar-refractivity contribution in [3.8, 4) is 0 Å². The van der Waals surface area contributed by atoms with E-state index in [1.807, 2.05) is 0 Å². The van der Waals surface area contributed by atoms with Crippen LogP contribution in [0.2, 0.25) is 0 Å². The number of rotatable bonds is 12. The molecule has 0 fully saturated rings. The summed E-state index contributed by atoms with van der Waals surface area (Å²) in [6.45, 7) is 12.8. The van der Waals surface area contributed by atoms with Gasteiger partial charge in [0, 0.05) is 26.2 Å². The fourth-order valence-electron chi connectivity index (χ4n) is 2.23. The average Bonchev–Trinajstić information content (AvgIpc) is 2.54. The molecule has 0 aliphatic carbocycles. The van der Waals surface area contributed by atoms with Crippen LogP contribution in [0.3, 0.4) is 0 Å². The Balaban J connectivity index is -0.000000372. The molecule has 0 saturated carbocycles. The summed E-state index contributed by atoms with van der Waals surface area (Å²) in [6, 6.07) is 0. The van der Waals surface area contributed by atoms with Gasteiger partial charge in [0.1, 0.15) is 0 Å². The van der Waals surface area contributed by atoms with Gasteiger partial charge in [-0.15, -0.1) is 0 Å². The molecule has 2 nitrogen and oxygen atoms in total. The smallest absolute Gasteiger partial charge is 0.411 e. The molecule has 0 saturated heterocycles. The molecule has 0 atom stereocenters. The molecule has 0 aliphatic rings. The number of thiocarbonyl (C=S) groups is 2. The maximum Gasteiger partial charge on any atom is 2.00 e. The van der Waals surface area contributed by atoms with Crippen molar-refractivity contribution in [1.29, 1.82) is 0 Å². The second-order valence-corrected chi connectivity index (χ2v) is 7.98. The topological polar surface area (TPSA) is 6.48 Å². The zero-order chi connectivity index (χ0) is 18.8. The van der Waals surface area contributed by atoms with Gasteiger partial charge >= 0.3 is 17.1 Å². The Bertz CT molecular complexity index is 287. The van der Waals surface area contributed by atoms with Gasteiger partial charge in [-0.1, -0.05) is 62.0 Å². The SMILES string of the molecule is CCCCCN(CCC)C(=S)[S-].CCCCCN(CCC)C(=S)[S-].[Cu+2]. The number of hydrogen-bond donors (Lipinski definition) is 0. The van der Waals surface area contributed by atoms with E-state index in [1.54, 1.807) is 0 Å². The maximum absolute atomic E-state index is 4.97. The molecule has 0 N–H and O–H groups in total. The first-order valence-electron chi connectivity index (χ1n) is 9.36. The van der Waals surface area contributed by atoms with Gasteiger partial charge in [0.25, 0.3) is 0 Å². The van der Waals surface area contributed by atoms with Crippen molar-refractivity contribution in [1.82, 2.24) is 9.80 Å². The molecule has 0 aromatic carbocycles. The van der Waals surface area contributed by atoms with E-state index >= 15 is 0 Å². The molecule has 0 aromatic rings. The van der Waals surface area contributed by atoms with Gasteiger partial charge in [0.15, 0.2) is 0 Å². The molecular formula is C18H36CuN2S4. The van der Waals surface area contributed by atoms with E-state index in [2.05, 4.69) is 37.5 Å². The summed E-state index contributed by atoms with van der Waals surface area (Å²) in [4.78, 5) is 4.25. The van der Waals surface area contributed by atoms with Crippen LogP contribution in [0.5, 0.6) is 0 Å². The first-order valence-corrected chi connectivity index (χ1v) is 11.0. The molecule has 1 radical (unpaired) electrons. The first kappa shape index (κ1) is 30.5. The Morgan fingerprint density at radius 3 is 1.12 bits per heavy atom. The van der Waals surface area contributed by atoms with Crippen LogP contribution in [0.4, 0.5) is 0 Å². The Labute approximate surface area is 189 Å². The maximum atomic E-state index is 4.97. The minimum Gasteiger partial charge on any atom is -0.411 e. The third kappa shape index (κ3) is 20.9. The predicted molar refractivity (Wildman–Crippen MR) is 123 cm³/mol. The molecule has 7 heteroatoms. The number of hydrogen-bond acceptors (Lipinski definition) is 4. The van der Waals surface area contributed by atoms with E-state index < -0.39 is 0 Å². The molecule has 25 heavy (non-hydrogen) atoms. The fourth-order valence-corrected chi connectivity index (χ4v) is 2.96. The van der Waals surface area contributed by atoms with Crippen molar-refractivity contribution in [3.63, 3.8) is 0 Å². The van der Waals surface area contributed by atoms with E-state index in [-0.39, 0.29) is 17.1 Å². The van der Waals surface area contributed by atoms with Gasteiger partial charge in [0.05, 0.1) is 0 Å². The Kier molecular flexibility index (Phi) is 27.8. The van der Waals surface area contributed by atoms with Gasteiger partial charge in [-0.3, -0.25) is 0 Å². The Hall–Kier alpha value is 0.739. The molecule has 0 aromatic heterocycles. The van der Waals surface area contributed by atoms with Crippen LogP contribution in [0, 0.1) is 0 Å². The zero-order valence-corrected chi connectivity index (χ0v) is 20.5. The van der Waals surface area contributed by atoms with Crippen LogP contribution >= 0.6 is 24.4 Å². The van der Waals surface area contributed by atoms with Crippen molar-refractivity contribution in [2.24, 2.45) is 0 Å². The largest absolute Gasteiger partial charge is 2.00 e. The van der Waals surface area contributed by atoms with Gasteiger partial charge in [-0.2, -0.15) is 0 Å². The molecule has 0 aliphatic heterocycles. The first-order chi connectivity index (χ1) is 11.4. The van der Waals surface area contributed by atoms with Gasteiger partial charge in [-0.25, -0.2) is 0 Å². The van der Waals surface area contributed by atoms with E-state index in [4.69, 9.17) is 49.7 Å². The normalized spacial score (nSPS) is 9.44.